The van der Waals surface area contributed by atoms with Gasteiger partial charge in [0.15, 0.2) is 0 Å². The number of carbonyl (C=O) groups excluding carboxylic acids is 1. The van der Waals surface area contributed by atoms with Crippen molar-refractivity contribution in [1.82, 2.24) is 9.80 Å². The summed E-state index contributed by atoms with van der Waals surface area (Å²) in [5.74, 6) is -0.759. The maximum absolute atomic E-state index is 13.1. The van der Waals surface area contributed by atoms with Gasteiger partial charge in [0.25, 0.3) is 0 Å². The normalized spacial score (nSPS) is 23.5. The summed E-state index contributed by atoms with van der Waals surface area (Å²) in [6, 6.07) is 2.01. The van der Waals surface area contributed by atoms with E-state index < -0.39 is 28.6 Å². The Morgan fingerprint density at radius 2 is 1.83 bits per heavy atom. The van der Waals surface area contributed by atoms with Crippen molar-refractivity contribution in [3.8, 4) is 0 Å². The van der Waals surface area contributed by atoms with E-state index in [1.54, 1.807) is 7.05 Å². The third-order valence-corrected chi connectivity index (χ3v) is 6.12. The number of nitrogens with zero attached hydrogens (tertiary/aromatic N) is 3. The zero-order chi connectivity index (χ0) is 21.2. The number of rotatable bonds is 5. The van der Waals surface area contributed by atoms with Gasteiger partial charge in [-0.3, -0.25) is 19.8 Å². The molecule has 1 saturated heterocycles. The molecule has 3 rings (SSSR count). The minimum Gasteiger partial charge on any atom is -0.335 e. The van der Waals surface area contributed by atoms with Crippen molar-refractivity contribution in [2.75, 3.05) is 20.1 Å². The first-order valence-electron chi connectivity index (χ1n) is 10.0. The summed E-state index contributed by atoms with van der Waals surface area (Å²) >= 11 is 0. The molecule has 0 aromatic heterocycles. The Labute approximate surface area is 180 Å². The Balaban J connectivity index is 0.00000320. The van der Waals surface area contributed by atoms with Crippen LogP contribution in [0.3, 0.4) is 0 Å². The molecule has 0 bridgehead atoms. The van der Waals surface area contributed by atoms with Crippen molar-refractivity contribution in [2.45, 2.75) is 62.8 Å². The maximum atomic E-state index is 13.1. The summed E-state index contributed by atoms with van der Waals surface area (Å²) in [5, 5.41) is 11.7. The van der Waals surface area contributed by atoms with Gasteiger partial charge in [-0.15, -0.1) is 12.4 Å². The summed E-state index contributed by atoms with van der Waals surface area (Å²) in [6.07, 6.45) is 1.22. The summed E-state index contributed by atoms with van der Waals surface area (Å²) in [6.45, 7) is 1.91. The van der Waals surface area contributed by atoms with E-state index in [9.17, 15) is 28.1 Å². The molecule has 1 heterocycles. The number of hydrogen-bond acceptors (Lipinski definition) is 4. The van der Waals surface area contributed by atoms with E-state index in [1.165, 1.54) is 11.0 Å². The predicted molar refractivity (Wildman–Crippen MR) is 108 cm³/mol. The number of benzene rings is 1. The molecule has 3 atom stereocenters. The van der Waals surface area contributed by atoms with E-state index in [-0.39, 0.29) is 30.1 Å². The molecule has 1 aliphatic carbocycles. The van der Waals surface area contributed by atoms with Crippen LogP contribution >= 0.6 is 12.4 Å². The summed E-state index contributed by atoms with van der Waals surface area (Å²) in [4.78, 5) is 27.8. The molecule has 0 radical (unpaired) electrons. The lowest BCUT2D eigenvalue weighted by Crippen LogP contribution is -2.54. The Bertz CT molecular complexity index is 756. The largest absolute Gasteiger partial charge is 0.416 e. The number of likely N-dealkylation sites (N-methyl/N-ethyl adjacent to an activating group) is 1. The zero-order valence-electron chi connectivity index (χ0n) is 16.8. The number of amides is 1. The Kier molecular flexibility index (Phi) is 8.10. The van der Waals surface area contributed by atoms with Crippen molar-refractivity contribution in [2.24, 2.45) is 0 Å². The molecule has 2 aliphatic rings. The van der Waals surface area contributed by atoms with E-state index in [4.69, 9.17) is 0 Å². The summed E-state index contributed by atoms with van der Waals surface area (Å²) < 4.78 is 39.1. The van der Waals surface area contributed by atoms with Crippen molar-refractivity contribution in [3.05, 3.63) is 45.5 Å². The van der Waals surface area contributed by atoms with Crippen LogP contribution in [0.5, 0.6) is 0 Å². The smallest absolute Gasteiger partial charge is 0.335 e. The first-order chi connectivity index (χ1) is 13.7. The SMILES string of the molecule is CN(C(=O)C(c1cccc(C(F)(F)F)c1)[N+](=O)[O-])[C@@H]1CCCC[C@H]1N1CCCC1.Cl. The number of alkyl halides is 3. The Morgan fingerprint density at radius 1 is 1.20 bits per heavy atom. The summed E-state index contributed by atoms with van der Waals surface area (Å²) in [7, 11) is 1.55. The van der Waals surface area contributed by atoms with E-state index in [1.807, 2.05) is 0 Å². The topological polar surface area (TPSA) is 66.7 Å². The molecule has 2 fully saturated rings. The van der Waals surface area contributed by atoms with E-state index in [2.05, 4.69) is 4.90 Å². The number of hydrogen-bond donors (Lipinski definition) is 0. The monoisotopic (exact) mass is 449 g/mol. The van der Waals surface area contributed by atoms with E-state index in [0.29, 0.717) is 6.07 Å². The molecule has 1 saturated carbocycles. The lowest BCUT2D eigenvalue weighted by molar-refractivity contribution is -0.515. The van der Waals surface area contributed by atoms with Gasteiger partial charge in [0.1, 0.15) is 0 Å². The minimum absolute atomic E-state index is 0. The third kappa shape index (κ3) is 5.24. The second-order valence-electron chi connectivity index (χ2n) is 7.92. The van der Waals surface area contributed by atoms with Crippen LogP contribution in [-0.4, -0.2) is 52.9 Å². The molecule has 1 aromatic carbocycles. The van der Waals surface area contributed by atoms with Gasteiger partial charge in [-0.05, 0) is 50.9 Å². The molecule has 1 amide bonds. The number of carbonyl (C=O) groups is 1. The lowest BCUT2D eigenvalue weighted by atomic mass is 9.87. The highest BCUT2D eigenvalue weighted by atomic mass is 35.5. The number of likely N-dealkylation sites (tertiary alicyclic amines) is 1. The highest BCUT2D eigenvalue weighted by molar-refractivity contribution is 5.85. The minimum atomic E-state index is -4.63. The van der Waals surface area contributed by atoms with Crippen molar-refractivity contribution >= 4 is 18.3 Å². The van der Waals surface area contributed by atoms with Gasteiger partial charge >= 0.3 is 18.1 Å². The predicted octanol–water partition coefficient (Wildman–Crippen LogP) is 4.31. The van der Waals surface area contributed by atoms with Gasteiger partial charge in [-0.2, -0.15) is 13.2 Å². The third-order valence-electron chi connectivity index (χ3n) is 6.12. The molecule has 1 unspecified atom stereocenters. The first-order valence-corrected chi connectivity index (χ1v) is 10.0. The molecule has 0 spiro atoms. The number of nitro groups is 1. The Hall–Kier alpha value is -1.87. The van der Waals surface area contributed by atoms with Crippen LogP contribution in [0.15, 0.2) is 24.3 Å². The van der Waals surface area contributed by atoms with Crippen LogP contribution < -0.4 is 0 Å². The van der Waals surface area contributed by atoms with Crippen molar-refractivity contribution < 1.29 is 22.9 Å². The van der Waals surface area contributed by atoms with Crippen LogP contribution in [0.4, 0.5) is 13.2 Å². The molecule has 0 N–H and O–H groups in total. The highest BCUT2D eigenvalue weighted by Crippen LogP contribution is 2.33. The van der Waals surface area contributed by atoms with E-state index in [0.717, 1.165) is 63.7 Å². The quantitative estimate of drug-likeness (QED) is 0.496. The van der Waals surface area contributed by atoms with Crippen LogP contribution in [0.2, 0.25) is 0 Å². The second kappa shape index (κ2) is 9.96. The zero-order valence-corrected chi connectivity index (χ0v) is 17.6. The van der Waals surface area contributed by atoms with Gasteiger partial charge in [0, 0.05) is 29.6 Å². The fraction of sp³-hybridized carbons (Fsp3) is 0.650. The van der Waals surface area contributed by atoms with Crippen LogP contribution in [0.1, 0.15) is 55.7 Å². The number of halogens is 4. The molecule has 168 valence electrons. The first kappa shape index (κ1) is 24.4. The molecule has 30 heavy (non-hydrogen) atoms. The molecule has 6 nitrogen and oxygen atoms in total. The van der Waals surface area contributed by atoms with Crippen molar-refractivity contribution in [1.29, 1.82) is 0 Å². The fourth-order valence-corrected chi connectivity index (χ4v) is 4.64. The highest BCUT2D eigenvalue weighted by Gasteiger charge is 2.42. The molecule has 1 aromatic rings. The molecular formula is C20H27ClF3N3O3. The van der Waals surface area contributed by atoms with E-state index >= 15 is 0 Å². The molecule has 10 heteroatoms. The standard InChI is InChI=1S/C20H26F3N3O3.ClH/c1-24(16-9-2-3-10-17(16)25-11-4-5-12-25)19(27)18(26(28)29)14-7-6-8-15(13-14)20(21,22)23;/h6-8,13,16-18H,2-5,9-12H2,1H3;1H/t16-,17-,18?;/m1./s1. The average Bonchev–Trinajstić information content (AvgIpc) is 3.21. The van der Waals surface area contributed by atoms with Crippen LogP contribution in [0, 0.1) is 10.1 Å². The van der Waals surface area contributed by atoms with Crippen LogP contribution in [0.25, 0.3) is 0 Å². The maximum Gasteiger partial charge on any atom is 0.416 e. The van der Waals surface area contributed by atoms with Gasteiger partial charge in [0.2, 0.25) is 0 Å². The molecule has 1 aliphatic heterocycles. The van der Waals surface area contributed by atoms with Gasteiger partial charge < -0.3 is 4.90 Å². The molecular weight excluding hydrogens is 423 g/mol. The van der Waals surface area contributed by atoms with Gasteiger partial charge in [-0.25, -0.2) is 0 Å². The van der Waals surface area contributed by atoms with Crippen LogP contribution in [-0.2, 0) is 11.0 Å². The van der Waals surface area contributed by atoms with Crippen molar-refractivity contribution in [3.63, 3.8) is 0 Å². The summed E-state index contributed by atoms with van der Waals surface area (Å²) in [5.41, 5.74) is -1.24. The van der Waals surface area contributed by atoms with Gasteiger partial charge in [0.05, 0.1) is 5.56 Å². The van der Waals surface area contributed by atoms with Gasteiger partial charge in [-0.1, -0.05) is 25.0 Å². The average molecular weight is 450 g/mol. The Morgan fingerprint density at radius 3 is 2.43 bits per heavy atom. The lowest BCUT2D eigenvalue weighted by Gasteiger charge is -2.42. The fourth-order valence-electron chi connectivity index (χ4n) is 4.64. The second-order valence-corrected chi connectivity index (χ2v) is 7.92.